The van der Waals surface area contributed by atoms with Gasteiger partial charge in [-0.25, -0.2) is 4.98 Å². The van der Waals surface area contributed by atoms with E-state index in [1.165, 1.54) is 4.90 Å². The van der Waals surface area contributed by atoms with Crippen molar-refractivity contribution in [3.63, 3.8) is 0 Å². The summed E-state index contributed by atoms with van der Waals surface area (Å²) < 4.78 is 7.72. The number of rotatable bonds is 10. The van der Waals surface area contributed by atoms with Gasteiger partial charge in [-0.3, -0.25) is 19.3 Å². The van der Waals surface area contributed by atoms with Crippen molar-refractivity contribution in [2.24, 2.45) is 5.92 Å². The molecule has 0 spiro atoms. The highest BCUT2D eigenvalue weighted by Crippen LogP contribution is 2.41. The van der Waals surface area contributed by atoms with Crippen LogP contribution in [-0.4, -0.2) is 49.4 Å². The number of imidazole rings is 1. The van der Waals surface area contributed by atoms with Crippen molar-refractivity contribution in [1.82, 2.24) is 25.1 Å². The maximum atomic E-state index is 14.7. The van der Waals surface area contributed by atoms with Gasteiger partial charge in [-0.2, -0.15) is 0 Å². The molecular weight excluding hydrogens is 665 g/mol. The lowest BCUT2D eigenvalue weighted by Crippen LogP contribution is -2.54. The van der Waals surface area contributed by atoms with E-state index in [2.05, 4.69) is 51.9 Å². The van der Waals surface area contributed by atoms with E-state index in [0.29, 0.717) is 11.6 Å². The molecule has 4 aromatic carbocycles. The van der Waals surface area contributed by atoms with Gasteiger partial charge in [0.15, 0.2) is 0 Å². The Hall–Kier alpha value is -6.16. The molecule has 0 aliphatic carbocycles. The summed E-state index contributed by atoms with van der Waals surface area (Å²) in [6.45, 7) is 9.40. The number of amides is 2. The summed E-state index contributed by atoms with van der Waals surface area (Å²) in [7, 11) is 0. The van der Waals surface area contributed by atoms with Crippen molar-refractivity contribution in [2.75, 3.05) is 4.90 Å². The second kappa shape index (κ2) is 14.1. The maximum Gasteiger partial charge on any atom is 0.286 e. The van der Waals surface area contributed by atoms with Crippen molar-refractivity contribution < 1.29 is 18.8 Å². The van der Waals surface area contributed by atoms with Gasteiger partial charge in [-0.05, 0) is 34.2 Å². The van der Waals surface area contributed by atoms with E-state index in [-0.39, 0.29) is 23.9 Å². The van der Waals surface area contributed by atoms with Crippen LogP contribution >= 0.6 is 0 Å². The van der Waals surface area contributed by atoms with Gasteiger partial charge in [0.1, 0.15) is 17.3 Å². The molecule has 3 heterocycles. The fourth-order valence-electron chi connectivity index (χ4n) is 7.12. The van der Waals surface area contributed by atoms with Crippen molar-refractivity contribution in [2.45, 2.75) is 64.1 Å². The standard InChI is InChI=1S/C43H42N6O4/c1-28(2)36(37(50)39-46-47-41(53-39)42(3,4)5)45-38(51)35-25-29-17-15-16-24-34(29)49(35)40(52)33-26-48(27-44-33)43(30-18-9-6-10-19-30,31-20-11-7-12-21-31)32-22-13-8-14-23-32/h6-24,26-28,35-36H,25H2,1-5H3,(H,45,51)/t35-,36-/m0/s1. The summed E-state index contributed by atoms with van der Waals surface area (Å²) in [6, 6.07) is 35.9. The molecule has 2 aromatic heterocycles. The normalized spacial score (nSPS) is 14.9. The van der Waals surface area contributed by atoms with Crippen LogP contribution in [-0.2, 0) is 22.2 Å². The number of para-hydroxylation sites is 1. The first-order valence-electron chi connectivity index (χ1n) is 17.8. The molecule has 0 radical (unpaired) electrons. The molecule has 7 rings (SSSR count). The molecular formula is C43H42N6O4. The average Bonchev–Trinajstić information content (AvgIpc) is 3.95. The molecule has 2 amide bonds. The van der Waals surface area contributed by atoms with Gasteiger partial charge in [0.05, 0.1) is 12.4 Å². The Morgan fingerprint density at radius 1 is 0.774 bits per heavy atom. The lowest BCUT2D eigenvalue weighted by molar-refractivity contribution is -0.122. The van der Waals surface area contributed by atoms with Crippen molar-refractivity contribution in [3.8, 4) is 0 Å². The third-order valence-electron chi connectivity index (χ3n) is 9.79. The quantitative estimate of drug-likeness (QED) is 0.120. The van der Waals surface area contributed by atoms with Crippen LogP contribution in [0.4, 0.5) is 5.69 Å². The predicted octanol–water partition coefficient (Wildman–Crippen LogP) is 7.00. The zero-order chi connectivity index (χ0) is 37.3. The van der Waals surface area contributed by atoms with E-state index < -0.39 is 40.6 Å². The van der Waals surface area contributed by atoms with Crippen LogP contribution in [0.2, 0.25) is 0 Å². The number of nitrogens with one attached hydrogen (secondary N) is 1. The van der Waals surface area contributed by atoms with E-state index in [1.807, 2.05) is 118 Å². The smallest absolute Gasteiger partial charge is 0.286 e. The minimum atomic E-state index is -0.959. The van der Waals surface area contributed by atoms with Crippen molar-refractivity contribution in [3.05, 3.63) is 168 Å². The molecule has 1 N–H and O–H groups in total. The fourth-order valence-corrected chi connectivity index (χ4v) is 7.12. The number of anilines is 1. The number of ketones is 1. The van der Waals surface area contributed by atoms with Gasteiger partial charge < -0.3 is 14.3 Å². The molecule has 1 aliphatic rings. The molecule has 10 nitrogen and oxygen atoms in total. The van der Waals surface area contributed by atoms with Crippen LogP contribution in [0.5, 0.6) is 0 Å². The number of carbonyl (C=O) groups excluding carboxylic acids is 3. The van der Waals surface area contributed by atoms with Gasteiger partial charge in [0.2, 0.25) is 17.6 Å². The predicted molar refractivity (Wildman–Crippen MR) is 202 cm³/mol. The molecule has 0 saturated carbocycles. The third-order valence-corrected chi connectivity index (χ3v) is 9.79. The Morgan fingerprint density at radius 2 is 1.32 bits per heavy atom. The summed E-state index contributed by atoms with van der Waals surface area (Å²) in [5, 5.41) is 11.0. The van der Waals surface area contributed by atoms with E-state index in [4.69, 9.17) is 9.40 Å². The average molecular weight is 707 g/mol. The molecule has 2 atom stereocenters. The van der Waals surface area contributed by atoms with Crippen LogP contribution in [0.3, 0.4) is 0 Å². The summed E-state index contributed by atoms with van der Waals surface area (Å²) in [5.74, 6) is -1.53. The minimum Gasteiger partial charge on any atom is -0.418 e. The minimum absolute atomic E-state index is 0.166. The van der Waals surface area contributed by atoms with Gasteiger partial charge in [0, 0.05) is 23.7 Å². The Balaban J connectivity index is 1.26. The highest BCUT2D eigenvalue weighted by atomic mass is 16.4. The number of aromatic nitrogens is 4. The number of nitrogens with zero attached hydrogens (tertiary/aromatic N) is 5. The Morgan fingerprint density at radius 3 is 1.85 bits per heavy atom. The van der Waals surface area contributed by atoms with Crippen LogP contribution in [0.15, 0.2) is 132 Å². The molecule has 0 saturated heterocycles. The Labute approximate surface area is 308 Å². The second-order valence-electron chi connectivity index (χ2n) is 14.8. The van der Waals surface area contributed by atoms with Gasteiger partial charge in [-0.1, -0.05) is 144 Å². The van der Waals surface area contributed by atoms with Crippen LogP contribution in [0.1, 0.15) is 83.9 Å². The third kappa shape index (κ3) is 6.45. The van der Waals surface area contributed by atoms with E-state index >= 15 is 0 Å². The van der Waals surface area contributed by atoms with Crippen LogP contribution in [0.25, 0.3) is 0 Å². The first kappa shape index (κ1) is 35.3. The number of benzene rings is 4. The number of fused-ring (bicyclic) bond motifs is 1. The van der Waals surface area contributed by atoms with E-state index in [1.54, 1.807) is 12.5 Å². The molecule has 53 heavy (non-hydrogen) atoms. The zero-order valence-electron chi connectivity index (χ0n) is 30.4. The first-order chi connectivity index (χ1) is 25.5. The van der Waals surface area contributed by atoms with Gasteiger partial charge in [0.25, 0.3) is 11.8 Å². The number of carbonyl (C=O) groups is 3. The maximum absolute atomic E-state index is 14.7. The molecule has 268 valence electrons. The second-order valence-corrected chi connectivity index (χ2v) is 14.8. The summed E-state index contributed by atoms with van der Waals surface area (Å²) >= 11 is 0. The largest absolute Gasteiger partial charge is 0.418 e. The number of Topliss-reactive ketones (excluding diaryl/α,β-unsaturated/α-hetero) is 1. The Kier molecular flexibility index (Phi) is 9.38. The lowest BCUT2D eigenvalue weighted by Gasteiger charge is -2.37. The SMILES string of the molecule is CC(C)[C@H](NC(=O)[C@@H]1Cc2ccccc2N1C(=O)c1cn(C(c2ccccc2)(c2ccccc2)c2ccccc2)cn1)C(=O)c1nnc(C(C)(C)C)o1. The molecule has 6 aromatic rings. The van der Waals surface area contributed by atoms with Crippen molar-refractivity contribution >= 4 is 23.3 Å². The van der Waals surface area contributed by atoms with Crippen LogP contribution in [0, 0.1) is 5.92 Å². The lowest BCUT2D eigenvalue weighted by atomic mass is 9.77. The molecule has 0 bridgehead atoms. The Bertz CT molecular complexity index is 2140. The van der Waals surface area contributed by atoms with Gasteiger partial charge in [-0.15, -0.1) is 10.2 Å². The topological polar surface area (TPSA) is 123 Å². The van der Waals surface area contributed by atoms with E-state index in [0.717, 1.165) is 22.3 Å². The summed E-state index contributed by atoms with van der Waals surface area (Å²) in [6.07, 6.45) is 3.71. The molecule has 0 unspecified atom stereocenters. The highest BCUT2D eigenvalue weighted by Gasteiger charge is 2.43. The molecule has 1 aliphatic heterocycles. The van der Waals surface area contributed by atoms with Crippen LogP contribution < -0.4 is 10.2 Å². The highest BCUT2D eigenvalue weighted by molar-refractivity contribution is 6.11. The number of hydrogen-bond donors (Lipinski definition) is 1. The number of hydrogen-bond acceptors (Lipinski definition) is 7. The van der Waals surface area contributed by atoms with Crippen molar-refractivity contribution in [1.29, 1.82) is 0 Å². The summed E-state index contributed by atoms with van der Waals surface area (Å²) in [4.78, 5) is 48.8. The first-order valence-corrected chi connectivity index (χ1v) is 17.8. The zero-order valence-corrected chi connectivity index (χ0v) is 30.4. The molecule has 0 fully saturated rings. The monoisotopic (exact) mass is 706 g/mol. The summed E-state index contributed by atoms with van der Waals surface area (Å²) in [5.41, 5.74) is 3.26. The van der Waals surface area contributed by atoms with Gasteiger partial charge >= 0.3 is 0 Å². The van der Waals surface area contributed by atoms with E-state index in [9.17, 15) is 14.4 Å². The molecule has 10 heteroatoms. The fraction of sp³-hybridized carbons (Fsp3) is 0.256.